The third-order valence-electron chi connectivity index (χ3n) is 2.40. The lowest BCUT2D eigenvalue weighted by Gasteiger charge is -2.32. The van der Waals surface area contributed by atoms with Gasteiger partial charge >= 0.3 is 5.97 Å². The fraction of sp³-hybridized carbons (Fsp3) is 0.900. The molecular weight excluding hydrogens is 184 g/mol. The fourth-order valence-corrected chi connectivity index (χ4v) is 1.80. The number of ether oxygens (including phenoxy) is 2. The summed E-state index contributed by atoms with van der Waals surface area (Å²) in [7, 11) is 0. The topological polar surface area (TPSA) is 55.8 Å². The largest absolute Gasteiger partial charge is 0.479 e. The van der Waals surface area contributed by atoms with Crippen LogP contribution in [0.2, 0.25) is 0 Å². The molecule has 1 heterocycles. The van der Waals surface area contributed by atoms with Crippen molar-refractivity contribution in [3.05, 3.63) is 0 Å². The number of carboxylic acid groups (broad SMARTS) is 1. The molecule has 1 aliphatic heterocycles. The van der Waals surface area contributed by atoms with Crippen molar-refractivity contribution in [2.45, 2.75) is 58.0 Å². The fourth-order valence-electron chi connectivity index (χ4n) is 1.80. The number of hydrogen-bond acceptors (Lipinski definition) is 3. The van der Waals surface area contributed by atoms with Crippen molar-refractivity contribution in [3.63, 3.8) is 0 Å². The van der Waals surface area contributed by atoms with Crippen LogP contribution in [0.3, 0.4) is 0 Å². The van der Waals surface area contributed by atoms with Crippen LogP contribution in [-0.4, -0.2) is 35.5 Å². The van der Waals surface area contributed by atoms with Gasteiger partial charge in [-0.1, -0.05) is 0 Å². The van der Waals surface area contributed by atoms with Crippen LogP contribution in [0.5, 0.6) is 0 Å². The second-order valence-corrected chi connectivity index (χ2v) is 3.97. The van der Waals surface area contributed by atoms with Gasteiger partial charge < -0.3 is 14.6 Å². The lowest BCUT2D eigenvalue weighted by Crippen LogP contribution is -2.37. The van der Waals surface area contributed by atoms with Gasteiger partial charge in [0.15, 0.2) is 6.10 Å². The predicted molar refractivity (Wildman–Crippen MR) is 51.2 cm³/mol. The van der Waals surface area contributed by atoms with E-state index in [4.69, 9.17) is 14.6 Å². The van der Waals surface area contributed by atoms with Crippen molar-refractivity contribution in [1.29, 1.82) is 0 Å². The van der Waals surface area contributed by atoms with Crippen molar-refractivity contribution in [2.24, 2.45) is 0 Å². The molecule has 1 saturated heterocycles. The van der Waals surface area contributed by atoms with Crippen molar-refractivity contribution in [2.75, 3.05) is 0 Å². The first-order chi connectivity index (χ1) is 6.49. The summed E-state index contributed by atoms with van der Waals surface area (Å²) in [6.45, 7) is 5.53. The molecule has 1 rings (SSSR count). The molecule has 82 valence electrons. The Labute approximate surface area is 84.2 Å². The van der Waals surface area contributed by atoms with E-state index in [1.54, 1.807) is 6.92 Å². The van der Waals surface area contributed by atoms with Crippen LogP contribution in [0.1, 0.15) is 33.6 Å². The van der Waals surface area contributed by atoms with Gasteiger partial charge in [-0.2, -0.15) is 0 Å². The number of carbonyl (C=O) groups is 1. The van der Waals surface area contributed by atoms with Crippen molar-refractivity contribution < 1.29 is 19.4 Å². The molecule has 1 N–H and O–H groups in total. The first kappa shape index (κ1) is 11.5. The standard InChI is InChI=1S/C10H18O4/c1-6-4-9(5-7(2)13-6)14-8(3)10(11)12/h6-9H,4-5H2,1-3H3,(H,11,12)/t6?,7?,8-,9?/m1/s1. The molecular formula is C10H18O4. The Morgan fingerprint density at radius 1 is 1.43 bits per heavy atom. The summed E-state index contributed by atoms with van der Waals surface area (Å²) < 4.78 is 10.9. The van der Waals surface area contributed by atoms with Crippen molar-refractivity contribution in [1.82, 2.24) is 0 Å². The molecule has 0 bridgehead atoms. The number of aliphatic carboxylic acids is 1. The van der Waals surface area contributed by atoms with E-state index in [1.807, 2.05) is 13.8 Å². The molecule has 0 saturated carbocycles. The van der Waals surface area contributed by atoms with Gasteiger partial charge in [0.05, 0.1) is 18.3 Å². The minimum atomic E-state index is -0.906. The summed E-state index contributed by atoms with van der Waals surface area (Å²) in [6.07, 6.45) is 1.16. The first-order valence-electron chi connectivity index (χ1n) is 5.02. The molecule has 0 radical (unpaired) electrons. The lowest BCUT2D eigenvalue weighted by molar-refractivity contribution is -0.162. The zero-order chi connectivity index (χ0) is 10.7. The highest BCUT2D eigenvalue weighted by Gasteiger charge is 2.27. The minimum Gasteiger partial charge on any atom is -0.479 e. The van der Waals surface area contributed by atoms with Gasteiger partial charge in [0, 0.05) is 0 Å². The molecule has 0 aromatic carbocycles. The van der Waals surface area contributed by atoms with Crippen LogP contribution in [0.4, 0.5) is 0 Å². The summed E-state index contributed by atoms with van der Waals surface area (Å²) in [5.41, 5.74) is 0. The van der Waals surface area contributed by atoms with Crippen molar-refractivity contribution >= 4 is 5.97 Å². The van der Waals surface area contributed by atoms with E-state index < -0.39 is 12.1 Å². The van der Waals surface area contributed by atoms with Gasteiger partial charge in [-0.05, 0) is 33.6 Å². The average molecular weight is 202 g/mol. The zero-order valence-corrected chi connectivity index (χ0v) is 8.90. The number of rotatable bonds is 3. The van der Waals surface area contributed by atoms with Gasteiger partial charge in [0.1, 0.15) is 0 Å². The Morgan fingerprint density at radius 2 is 1.93 bits per heavy atom. The van der Waals surface area contributed by atoms with E-state index in [1.165, 1.54) is 0 Å². The molecule has 4 heteroatoms. The Morgan fingerprint density at radius 3 is 2.36 bits per heavy atom. The Hall–Kier alpha value is -0.610. The van der Waals surface area contributed by atoms with Gasteiger partial charge in [-0.3, -0.25) is 0 Å². The average Bonchev–Trinajstić information content (AvgIpc) is 2.01. The minimum absolute atomic E-state index is 0.0137. The molecule has 1 fully saturated rings. The molecule has 14 heavy (non-hydrogen) atoms. The summed E-state index contributed by atoms with van der Waals surface area (Å²) in [4.78, 5) is 10.6. The summed E-state index contributed by atoms with van der Waals surface area (Å²) in [5.74, 6) is -0.906. The van der Waals surface area contributed by atoms with Crippen LogP contribution in [-0.2, 0) is 14.3 Å². The first-order valence-corrected chi connectivity index (χ1v) is 5.02. The van der Waals surface area contributed by atoms with E-state index in [-0.39, 0.29) is 18.3 Å². The smallest absolute Gasteiger partial charge is 0.332 e. The molecule has 0 aromatic rings. The van der Waals surface area contributed by atoms with Crippen LogP contribution in [0, 0.1) is 0 Å². The van der Waals surface area contributed by atoms with Crippen molar-refractivity contribution in [3.8, 4) is 0 Å². The second-order valence-electron chi connectivity index (χ2n) is 3.97. The molecule has 0 aromatic heterocycles. The number of carboxylic acids is 1. The number of hydrogen-bond donors (Lipinski definition) is 1. The molecule has 0 amide bonds. The van der Waals surface area contributed by atoms with Gasteiger partial charge in [-0.25, -0.2) is 4.79 Å². The quantitative estimate of drug-likeness (QED) is 0.752. The molecule has 4 nitrogen and oxygen atoms in total. The Kier molecular flexibility index (Phi) is 3.89. The Balaban J connectivity index is 2.40. The maximum absolute atomic E-state index is 10.6. The molecule has 2 unspecified atom stereocenters. The van der Waals surface area contributed by atoms with Crippen LogP contribution < -0.4 is 0 Å². The van der Waals surface area contributed by atoms with Gasteiger partial charge in [-0.15, -0.1) is 0 Å². The highest BCUT2D eigenvalue weighted by Crippen LogP contribution is 2.22. The van der Waals surface area contributed by atoms with E-state index in [0.29, 0.717) is 0 Å². The summed E-state index contributed by atoms with van der Waals surface area (Å²) in [5, 5.41) is 8.69. The van der Waals surface area contributed by atoms with Gasteiger partial charge in [0.2, 0.25) is 0 Å². The predicted octanol–water partition coefficient (Wildman–Crippen LogP) is 1.43. The normalized spacial score (nSPS) is 35.2. The van der Waals surface area contributed by atoms with Crippen LogP contribution in [0.15, 0.2) is 0 Å². The maximum atomic E-state index is 10.6. The summed E-state index contributed by atoms with van der Waals surface area (Å²) >= 11 is 0. The lowest BCUT2D eigenvalue weighted by atomic mass is 10.0. The van der Waals surface area contributed by atoms with Gasteiger partial charge in [0.25, 0.3) is 0 Å². The highest BCUT2D eigenvalue weighted by atomic mass is 16.5. The van der Waals surface area contributed by atoms with Crippen LogP contribution in [0.25, 0.3) is 0 Å². The molecule has 0 spiro atoms. The highest BCUT2D eigenvalue weighted by molar-refractivity contribution is 5.71. The molecule has 1 aliphatic rings. The molecule has 0 aliphatic carbocycles. The van der Waals surface area contributed by atoms with E-state index in [2.05, 4.69) is 0 Å². The zero-order valence-electron chi connectivity index (χ0n) is 8.90. The van der Waals surface area contributed by atoms with E-state index >= 15 is 0 Å². The third kappa shape index (κ3) is 3.27. The van der Waals surface area contributed by atoms with E-state index in [9.17, 15) is 4.79 Å². The van der Waals surface area contributed by atoms with E-state index in [0.717, 1.165) is 12.8 Å². The summed E-state index contributed by atoms with van der Waals surface area (Å²) in [6, 6.07) is 0. The monoisotopic (exact) mass is 202 g/mol. The Bertz CT molecular complexity index is 194. The third-order valence-corrected chi connectivity index (χ3v) is 2.40. The van der Waals surface area contributed by atoms with Crippen LogP contribution >= 0.6 is 0 Å². The second kappa shape index (κ2) is 4.75. The maximum Gasteiger partial charge on any atom is 0.332 e. The SMILES string of the molecule is CC1CC(O[C@H](C)C(=O)O)CC(C)O1. The molecule has 3 atom stereocenters.